The van der Waals surface area contributed by atoms with Gasteiger partial charge in [-0.3, -0.25) is 9.59 Å². The minimum atomic E-state index is -0.232. The van der Waals surface area contributed by atoms with E-state index in [1.807, 2.05) is 30.3 Å². The molecular formula is C15H10O3. The number of fused-ring (bicyclic) bond motifs is 3. The third-order valence-corrected chi connectivity index (χ3v) is 3.13. The van der Waals surface area contributed by atoms with Gasteiger partial charge in [-0.05, 0) is 16.8 Å². The molecule has 88 valence electrons. The van der Waals surface area contributed by atoms with Crippen LogP contribution in [-0.4, -0.2) is 18.7 Å². The Bertz CT molecular complexity index is 711. The SMILES string of the molecule is COC1=CC(=O)c2ccc3ccccc3c2C1=O. The van der Waals surface area contributed by atoms with Gasteiger partial charge in [-0.2, -0.15) is 0 Å². The molecule has 0 saturated heterocycles. The zero-order valence-electron chi connectivity index (χ0n) is 9.77. The third kappa shape index (κ3) is 1.37. The molecule has 0 unspecified atom stereocenters. The number of hydrogen-bond donors (Lipinski definition) is 0. The molecule has 2 aromatic carbocycles. The third-order valence-electron chi connectivity index (χ3n) is 3.13. The van der Waals surface area contributed by atoms with Gasteiger partial charge in [-0.25, -0.2) is 0 Å². The molecule has 0 N–H and O–H groups in total. The van der Waals surface area contributed by atoms with E-state index >= 15 is 0 Å². The summed E-state index contributed by atoms with van der Waals surface area (Å²) in [6.07, 6.45) is 1.25. The van der Waals surface area contributed by atoms with E-state index in [0.29, 0.717) is 11.1 Å². The Morgan fingerprint density at radius 2 is 1.78 bits per heavy atom. The van der Waals surface area contributed by atoms with E-state index in [0.717, 1.165) is 10.8 Å². The lowest BCUT2D eigenvalue weighted by molar-refractivity contribution is 0.0918. The predicted octanol–water partition coefficient (Wildman–Crippen LogP) is 2.75. The van der Waals surface area contributed by atoms with Crippen molar-refractivity contribution in [1.29, 1.82) is 0 Å². The van der Waals surface area contributed by atoms with Crippen LogP contribution < -0.4 is 0 Å². The molecule has 0 spiro atoms. The first-order chi connectivity index (χ1) is 8.72. The Morgan fingerprint density at radius 3 is 2.56 bits per heavy atom. The van der Waals surface area contributed by atoms with Crippen molar-refractivity contribution < 1.29 is 14.3 Å². The van der Waals surface area contributed by atoms with Gasteiger partial charge in [0.1, 0.15) is 0 Å². The fraction of sp³-hybridized carbons (Fsp3) is 0.0667. The van der Waals surface area contributed by atoms with Gasteiger partial charge in [0.15, 0.2) is 11.5 Å². The Hall–Kier alpha value is -2.42. The quantitative estimate of drug-likeness (QED) is 0.767. The lowest BCUT2D eigenvalue weighted by atomic mass is 9.89. The summed E-state index contributed by atoms with van der Waals surface area (Å²) in [7, 11) is 1.40. The fourth-order valence-electron chi connectivity index (χ4n) is 2.26. The Labute approximate surface area is 104 Å². The van der Waals surface area contributed by atoms with Crippen molar-refractivity contribution in [2.45, 2.75) is 0 Å². The number of Topliss-reactive ketones (excluding diaryl/α,β-unsaturated/α-hetero) is 1. The second-order valence-corrected chi connectivity index (χ2v) is 4.12. The molecule has 3 rings (SSSR count). The van der Waals surface area contributed by atoms with E-state index in [9.17, 15) is 9.59 Å². The monoisotopic (exact) mass is 238 g/mol. The number of allylic oxidation sites excluding steroid dienone is 2. The van der Waals surface area contributed by atoms with E-state index in [1.165, 1.54) is 13.2 Å². The van der Waals surface area contributed by atoms with Crippen LogP contribution in [0.2, 0.25) is 0 Å². The molecule has 0 atom stereocenters. The zero-order valence-corrected chi connectivity index (χ0v) is 9.77. The number of methoxy groups -OCH3 is 1. The van der Waals surface area contributed by atoms with Gasteiger partial charge in [0.2, 0.25) is 5.78 Å². The van der Waals surface area contributed by atoms with Gasteiger partial charge in [0.25, 0.3) is 0 Å². The summed E-state index contributed by atoms with van der Waals surface area (Å²) in [5, 5.41) is 1.73. The maximum absolute atomic E-state index is 12.3. The number of hydrogen-bond acceptors (Lipinski definition) is 3. The van der Waals surface area contributed by atoms with Crippen molar-refractivity contribution in [3.63, 3.8) is 0 Å². The first-order valence-corrected chi connectivity index (χ1v) is 5.59. The second-order valence-electron chi connectivity index (χ2n) is 4.12. The van der Waals surface area contributed by atoms with E-state index in [2.05, 4.69) is 0 Å². The highest BCUT2D eigenvalue weighted by Crippen LogP contribution is 2.29. The van der Waals surface area contributed by atoms with Crippen molar-refractivity contribution in [2.24, 2.45) is 0 Å². The average Bonchev–Trinajstić information content (AvgIpc) is 2.41. The van der Waals surface area contributed by atoms with Crippen LogP contribution in [0.25, 0.3) is 10.8 Å². The first-order valence-electron chi connectivity index (χ1n) is 5.59. The Morgan fingerprint density at radius 1 is 1.00 bits per heavy atom. The molecule has 0 bridgehead atoms. The Balaban J connectivity index is 2.39. The summed E-state index contributed by atoms with van der Waals surface area (Å²) in [6, 6.07) is 11.1. The number of benzene rings is 2. The highest BCUT2D eigenvalue weighted by Gasteiger charge is 2.27. The van der Waals surface area contributed by atoms with Gasteiger partial charge < -0.3 is 4.74 Å². The molecule has 1 aliphatic carbocycles. The largest absolute Gasteiger partial charge is 0.492 e. The number of rotatable bonds is 1. The molecule has 0 aromatic heterocycles. The molecule has 0 amide bonds. The number of ether oxygens (including phenoxy) is 1. The van der Waals surface area contributed by atoms with Crippen molar-refractivity contribution >= 4 is 22.3 Å². The summed E-state index contributed by atoms with van der Waals surface area (Å²) in [5.74, 6) is -0.319. The van der Waals surface area contributed by atoms with Crippen LogP contribution in [-0.2, 0) is 4.74 Å². The van der Waals surface area contributed by atoms with E-state index < -0.39 is 0 Å². The molecule has 3 nitrogen and oxygen atoms in total. The second kappa shape index (κ2) is 3.81. The maximum atomic E-state index is 12.3. The average molecular weight is 238 g/mol. The van der Waals surface area contributed by atoms with Crippen LogP contribution in [0.4, 0.5) is 0 Å². The molecule has 0 aliphatic heterocycles. The van der Waals surface area contributed by atoms with Gasteiger partial charge >= 0.3 is 0 Å². The molecule has 18 heavy (non-hydrogen) atoms. The van der Waals surface area contributed by atoms with Crippen LogP contribution in [0.1, 0.15) is 20.7 Å². The standard InChI is InChI=1S/C15H10O3/c1-18-13-8-12(16)11-7-6-9-4-2-3-5-10(9)14(11)15(13)17/h2-8H,1H3. The molecule has 0 heterocycles. The molecule has 0 radical (unpaired) electrons. The molecule has 3 heteroatoms. The van der Waals surface area contributed by atoms with Crippen molar-refractivity contribution in [1.82, 2.24) is 0 Å². The summed E-state index contributed by atoms with van der Waals surface area (Å²) in [5.41, 5.74) is 0.886. The first kappa shape index (κ1) is 10.7. The Kier molecular flexibility index (Phi) is 2.27. The van der Waals surface area contributed by atoms with E-state index in [1.54, 1.807) is 6.07 Å². The molecule has 2 aromatic rings. The van der Waals surface area contributed by atoms with Gasteiger partial charge in [0, 0.05) is 17.2 Å². The van der Waals surface area contributed by atoms with Crippen LogP contribution in [0, 0.1) is 0 Å². The summed E-state index contributed by atoms with van der Waals surface area (Å²) < 4.78 is 4.97. The lowest BCUT2D eigenvalue weighted by Crippen LogP contribution is -2.18. The zero-order chi connectivity index (χ0) is 12.7. The fourth-order valence-corrected chi connectivity index (χ4v) is 2.26. The van der Waals surface area contributed by atoms with Gasteiger partial charge in [0.05, 0.1) is 7.11 Å². The predicted molar refractivity (Wildman–Crippen MR) is 67.7 cm³/mol. The van der Waals surface area contributed by atoms with E-state index in [-0.39, 0.29) is 17.3 Å². The minimum Gasteiger partial charge on any atom is -0.492 e. The summed E-state index contributed by atoms with van der Waals surface area (Å²) in [4.78, 5) is 24.2. The maximum Gasteiger partial charge on any atom is 0.229 e. The molecular weight excluding hydrogens is 228 g/mol. The highest BCUT2D eigenvalue weighted by atomic mass is 16.5. The van der Waals surface area contributed by atoms with Crippen molar-refractivity contribution in [2.75, 3.05) is 7.11 Å². The molecule has 0 fully saturated rings. The minimum absolute atomic E-state index is 0.101. The smallest absolute Gasteiger partial charge is 0.229 e. The number of ketones is 2. The van der Waals surface area contributed by atoms with Crippen LogP contribution in [0.3, 0.4) is 0 Å². The van der Waals surface area contributed by atoms with Crippen LogP contribution in [0.5, 0.6) is 0 Å². The topological polar surface area (TPSA) is 43.4 Å². The normalized spacial score (nSPS) is 14.4. The summed E-state index contributed by atoms with van der Waals surface area (Å²) in [6.45, 7) is 0. The van der Waals surface area contributed by atoms with Crippen molar-refractivity contribution in [3.8, 4) is 0 Å². The number of carbonyl (C=O) groups is 2. The molecule has 1 aliphatic rings. The number of carbonyl (C=O) groups excluding carboxylic acids is 2. The van der Waals surface area contributed by atoms with E-state index in [4.69, 9.17) is 4.74 Å². The van der Waals surface area contributed by atoms with Crippen LogP contribution in [0.15, 0.2) is 48.2 Å². The summed E-state index contributed by atoms with van der Waals surface area (Å²) >= 11 is 0. The lowest BCUT2D eigenvalue weighted by Gasteiger charge is -2.16. The van der Waals surface area contributed by atoms with Gasteiger partial charge in [-0.15, -0.1) is 0 Å². The van der Waals surface area contributed by atoms with Gasteiger partial charge in [-0.1, -0.05) is 30.3 Å². The highest BCUT2D eigenvalue weighted by molar-refractivity contribution is 6.28. The van der Waals surface area contributed by atoms with Crippen molar-refractivity contribution in [3.05, 3.63) is 59.4 Å². The molecule has 0 saturated carbocycles. The van der Waals surface area contributed by atoms with Crippen LogP contribution >= 0.6 is 0 Å².